The van der Waals surface area contributed by atoms with E-state index in [0.29, 0.717) is 18.4 Å². The lowest BCUT2D eigenvalue weighted by atomic mass is 9.56. The SMILES string of the molecule is CC1=C(C(=O)O)[C@@H]2CC(=O)c3cc(CC(C)O)c(O[C@@H]4O[C@H](CO)[C@@H](O)[C@H](O)[C@H]4O)c(O)c3[C@@]2(C)CC1. The second-order valence-electron chi connectivity index (χ2n) is 10.6. The van der Waals surface area contributed by atoms with E-state index in [4.69, 9.17) is 9.47 Å². The number of aromatic hydroxyl groups is 1. The number of phenolic OH excluding ortho intramolecular Hbond substituents is 1. The quantitative estimate of drug-likeness (QED) is 0.269. The Labute approximate surface area is 213 Å². The van der Waals surface area contributed by atoms with Crippen LogP contribution in [0.4, 0.5) is 0 Å². The Balaban J connectivity index is 1.86. The highest BCUT2D eigenvalue weighted by molar-refractivity contribution is 6.03. The summed E-state index contributed by atoms with van der Waals surface area (Å²) in [6.45, 7) is 4.34. The lowest BCUT2D eigenvalue weighted by molar-refractivity contribution is -0.277. The Kier molecular flexibility index (Phi) is 7.41. The van der Waals surface area contributed by atoms with Crippen molar-refractivity contribution in [3.63, 3.8) is 0 Å². The highest BCUT2D eigenvalue weighted by Crippen LogP contribution is 2.56. The van der Waals surface area contributed by atoms with Crippen LogP contribution in [0.25, 0.3) is 0 Å². The Morgan fingerprint density at radius 1 is 1.24 bits per heavy atom. The molecule has 0 amide bonds. The monoisotopic (exact) mass is 522 g/mol. The molecule has 4 rings (SSSR count). The first-order valence-electron chi connectivity index (χ1n) is 12.3. The molecular formula is C26H34O11. The third-order valence-electron chi connectivity index (χ3n) is 8.02. The molecule has 1 saturated heterocycles. The summed E-state index contributed by atoms with van der Waals surface area (Å²) in [5.41, 5.74) is 0.550. The Morgan fingerprint density at radius 2 is 1.92 bits per heavy atom. The van der Waals surface area contributed by atoms with Crippen LogP contribution in [0.3, 0.4) is 0 Å². The van der Waals surface area contributed by atoms with E-state index in [1.165, 1.54) is 13.0 Å². The Bertz CT molecular complexity index is 1120. The molecule has 37 heavy (non-hydrogen) atoms. The number of carbonyl (C=O) groups is 2. The molecule has 2 aliphatic carbocycles. The molecule has 1 aromatic rings. The third-order valence-corrected chi connectivity index (χ3v) is 8.02. The molecule has 0 aromatic heterocycles. The van der Waals surface area contributed by atoms with E-state index < -0.39 is 66.5 Å². The molecule has 0 bridgehead atoms. The first kappa shape index (κ1) is 27.5. The number of fused-ring (bicyclic) bond motifs is 3. The molecule has 0 radical (unpaired) electrons. The number of aliphatic hydroxyl groups excluding tert-OH is 5. The van der Waals surface area contributed by atoms with E-state index in [2.05, 4.69) is 0 Å². The van der Waals surface area contributed by atoms with E-state index >= 15 is 0 Å². The van der Waals surface area contributed by atoms with Gasteiger partial charge in [0.05, 0.1) is 12.7 Å². The van der Waals surface area contributed by atoms with E-state index in [1.54, 1.807) is 13.8 Å². The number of hydrogen-bond acceptors (Lipinski definition) is 10. The van der Waals surface area contributed by atoms with Crippen molar-refractivity contribution in [1.82, 2.24) is 0 Å². The van der Waals surface area contributed by atoms with E-state index in [1.807, 2.05) is 0 Å². The van der Waals surface area contributed by atoms with Crippen LogP contribution in [-0.2, 0) is 21.4 Å². The maximum absolute atomic E-state index is 13.3. The summed E-state index contributed by atoms with van der Waals surface area (Å²) in [5, 5.41) is 71.9. The van der Waals surface area contributed by atoms with Crippen molar-refractivity contribution in [3.8, 4) is 11.5 Å². The largest absolute Gasteiger partial charge is 0.504 e. The van der Waals surface area contributed by atoms with Crippen LogP contribution in [0.5, 0.6) is 11.5 Å². The number of allylic oxidation sites excluding steroid dienone is 1. The van der Waals surface area contributed by atoms with Gasteiger partial charge in [0.2, 0.25) is 6.29 Å². The van der Waals surface area contributed by atoms with Gasteiger partial charge in [-0.05, 0) is 32.8 Å². The molecule has 1 fully saturated rings. The van der Waals surface area contributed by atoms with E-state index in [-0.39, 0.29) is 46.6 Å². The molecule has 7 N–H and O–H groups in total. The minimum absolute atomic E-state index is 0.0413. The van der Waals surface area contributed by atoms with Gasteiger partial charge in [-0.25, -0.2) is 4.79 Å². The van der Waals surface area contributed by atoms with Gasteiger partial charge >= 0.3 is 5.97 Å². The summed E-state index contributed by atoms with van der Waals surface area (Å²) >= 11 is 0. The lowest BCUT2D eigenvalue weighted by Gasteiger charge is -2.47. The molecule has 11 heteroatoms. The van der Waals surface area contributed by atoms with Crippen molar-refractivity contribution in [3.05, 3.63) is 33.9 Å². The van der Waals surface area contributed by atoms with Gasteiger partial charge in [-0.1, -0.05) is 12.5 Å². The maximum atomic E-state index is 13.3. The van der Waals surface area contributed by atoms with Crippen molar-refractivity contribution < 1.29 is 54.8 Å². The molecule has 3 aliphatic rings. The number of ether oxygens (including phenoxy) is 2. The Hall–Kier alpha value is -2.54. The van der Waals surface area contributed by atoms with Crippen molar-refractivity contribution >= 4 is 11.8 Å². The van der Waals surface area contributed by atoms with Crippen LogP contribution in [0.15, 0.2) is 17.2 Å². The van der Waals surface area contributed by atoms with Gasteiger partial charge in [0.25, 0.3) is 0 Å². The zero-order valence-electron chi connectivity index (χ0n) is 20.9. The first-order valence-corrected chi connectivity index (χ1v) is 12.3. The normalized spacial score (nSPS) is 34.5. The van der Waals surface area contributed by atoms with Gasteiger partial charge < -0.3 is 45.2 Å². The lowest BCUT2D eigenvalue weighted by Crippen LogP contribution is -2.60. The number of rotatable bonds is 6. The summed E-state index contributed by atoms with van der Waals surface area (Å²) in [4.78, 5) is 25.4. The van der Waals surface area contributed by atoms with Crippen LogP contribution in [0, 0.1) is 5.92 Å². The molecule has 1 heterocycles. The van der Waals surface area contributed by atoms with Crippen LogP contribution in [-0.4, -0.2) is 90.9 Å². The van der Waals surface area contributed by atoms with Gasteiger partial charge in [-0.15, -0.1) is 0 Å². The van der Waals surface area contributed by atoms with Crippen molar-refractivity contribution in [1.29, 1.82) is 0 Å². The van der Waals surface area contributed by atoms with Gasteiger partial charge in [-0.3, -0.25) is 4.79 Å². The smallest absolute Gasteiger partial charge is 0.331 e. The van der Waals surface area contributed by atoms with E-state index in [9.17, 15) is 45.3 Å². The number of hydrogen-bond donors (Lipinski definition) is 7. The molecule has 204 valence electrons. The first-order chi connectivity index (χ1) is 17.3. The summed E-state index contributed by atoms with van der Waals surface area (Å²) in [5.74, 6) is -2.82. The minimum atomic E-state index is -1.75. The highest BCUT2D eigenvalue weighted by Gasteiger charge is 2.52. The average molecular weight is 523 g/mol. The Morgan fingerprint density at radius 3 is 2.51 bits per heavy atom. The number of carbonyl (C=O) groups excluding carboxylic acids is 1. The molecule has 0 saturated carbocycles. The van der Waals surface area contributed by atoms with Gasteiger partial charge in [0.15, 0.2) is 17.3 Å². The predicted molar refractivity (Wildman–Crippen MR) is 127 cm³/mol. The fourth-order valence-corrected chi connectivity index (χ4v) is 6.01. The van der Waals surface area contributed by atoms with Crippen molar-refractivity contribution in [2.24, 2.45) is 5.92 Å². The van der Waals surface area contributed by atoms with Gasteiger partial charge in [-0.2, -0.15) is 0 Å². The minimum Gasteiger partial charge on any atom is -0.504 e. The second kappa shape index (κ2) is 9.97. The molecular weight excluding hydrogens is 488 g/mol. The number of benzene rings is 1. The molecule has 0 spiro atoms. The molecule has 1 aliphatic heterocycles. The average Bonchev–Trinajstić information content (AvgIpc) is 2.82. The van der Waals surface area contributed by atoms with E-state index in [0.717, 1.165) is 0 Å². The van der Waals surface area contributed by atoms with Crippen LogP contribution < -0.4 is 4.74 Å². The number of ketones is 1. The number of carboxylic acid groups (broad SMARTS) is 1. The predicted octanol–water partition coefficient (Wildman–Crippen LogP) is 0.149. The second-order valence-corrected chi connectivity index (χ2v) is 10.6. The van der Waals surface area contributed by atoms with Crippen molar-refractivity contribution in [2.75, 3.05) is 6.61 Å². The van der Waals surface area contributed by atoms with Crippen molar-refractivity contribution in [2.45, 2.75) is 88.7 Å². The fraction of sp³-hybridized carbons (Fsp3) is 0.615. The van der Waals surface area contributed by atoms with Gasteiger partial charge in [0.1, 0.15) is 24.4 Å². The van der Waals surface area contributed by atoms with Crippen LogP contribution in [0.1, 0.15) is 61.5 Å². The molecule has 8 atom stereocenters. The number of phenols is 1. The maximum Gasteiger partial charge on any atom is 0.331 e. The molecule has 1 unspecified atom stereocenters. The number of Topliss-reactive ketones (excluding diaryl/α,β-unsaturated/α-hetero) is 1. The standard InChI is InChI=1S/C26H34O11/c1-10-4-5-26(3)14(17(10)24(34)35)8-15(29)13-7-12(6-11(2)28)23(20(31)18(13)26)37-25-22(33)21(32)19(30)16(9-27)36-25/h7,11,14,16,19,21-22,25,27-28,30-33H,4-6,8-9H2,1-3H3,(H,34,35)/t11?,14-,16+,19+,21-,22+,25-,26-/m0/s1. The summed E-state index contributed by atoms with van der Waals surface area (Å²) in [7, 11) is 0. The number of carboxylic acids is 1. The van der Waals surface area contributed by atoms with Crippen LogP contribution >= 0.6 is 0 Å². The zero-order chi connectivity index (χ0) is 27.4. The topological polar surface area (TPSA) is 194 Å². The molecule has 1 aromatic carbocycles. The third kappa shape index (κ3) is 4.53. The number of aliphatic carboxylic acids is 1. The summed E-state index contributed by atoms with van der Waals surface area (Å²) < 4.78 is 11.3. The molecule has 11 nitrogen and oxygen atoms in total. The highest BCUT2D eigenvalue weighted by atomic mass is 16.7. The fourth-order valence-electron chi connectivity index (χ4n) is 6.01. The van der Waals surface area contributed by atoms with Gasteiger partial charge in [0, 0.05) is 46.4 Å². The summed E-state index contributed by atoms with van der Waals surface area (Å²) in [6.07, 6.45) is -8.05. The number of aliphatic hydroxyl groups is 5. The zero-order valence-corrected chi connectivity index (χ0v) is 20.9. The van der Waals surface area contributed by atoms with Crippen LogP contribution in [0.2, 0.25) is 0 Å². The summed E-state index contributed by atoms with van der Waals surface area (Å²) in [6, 6.07) is 1.50.